The van der Waals surface area contributed by atoms with E-state index in [1.54, 1.807) is 0 Å². The summed E-state index contributed by atoms with van der Waals surface area (Å²) in [4.78, 5) is 11.6. The molecule has 0 spiro atoms. The molecule has 0 bridgehead atoms. The molecule has 0 aliphatic heterocycles. The molecule has 0 aromatic rings. The molecule has 2 heteroatoms. The average Bonchev–Trinajstić information content (AvgIpc) is 2.38. The monoisotopic (exact) mass is 175 g/mol. The van der Waals surface area contributed by atoms with Crippen molar-refractivity contribution < 1.29 is 4.79 Å². The molecule has 2 unspecified atom stereocenters. The molecule has 2 aliphatic carbocycles. The molecule has 0 radical (unpaired) electrons. The summed E-state index contributed by atoms with van der Waals surface area (Å²) in [5.41, 5.74) is 0.815. The summed E-state index contributed by atoms with van der Waals surface area (Å²) in [6, 6.07) is 2.27. The van der Waals surface area contributed by atoms with Gasteiger partial charge in [0.1, 0.15) is 0 Å². The minimum Gasteiger partial charge on any atom is -0.294 e. The van der Waals surface area contributed by atoms with E-state index in [4.69, 9.17) is 5.26 Å². The Morgan fingerprint density at radius 3 is 3.15 bits per heavy atom. The van der Waals surface area contributed by atoms with Gasteiger partial charge in [-0.25, -0.2) is 0 Å². The Morgan fingerprint density at radius 1 is 1.69 bits per heavy atom. The highest BCUT2D eigenvalue weighted by molar-refractivity contribution is 6.00. The summed E-state index contributed by atoms with van der Waals surface area (Å²) in [5, 5.41) is 8.96. The van der Waals surface area contributed by atoms with Crippen molar-refractivity contribution in [2.75, 3.05) is 0 Å². The van der Waals surface area contributed by atoms with Crippen molar-refractivity contribution in [3.8, 4) is 6.07 Å². The van der Waals surface area contributed by atoms with Gasteiger partial charge in [-0.15, -0.1) is 0 Å². The van der Waals surface area contributed by atoms with Gasteiger partial charge in [0.15, 0.2) is 5.78 Å². The van der Waals surface area contributed by atoms with Crippen LogP contribution in [0.1, 0.15) is 32.6 Å². The summed E-state index contributed by atoms with van der Waals surface area (Å²) < 4.78 is 0. The number of carbonyl (C=O) groups is 1. The lowest BCUT2D eigenvalue weighted by atomic mass is 9.71. The third kappa shape index (κ3) is 1.03. The van der Waals surface area contributed by atoms with Crippen LogP contribution in [0.5, 0.6) is 0 Å². The molecule has 68 valence electrons. The van der Waals surface area contributed by atoms with Crippen molar-refractivity contribution in [1.29, 1.82) is 5.26 Å². The Kier molecular flexibility index (Phi) is 1.76. The average molecular weight is 175 g/mol. The van der Waals surface area contributed by atoms with Crippen molar-refractivity contribution in [1.82, 2.24) is 0 Å². The number of nitriles is 1. The van der Waals surface area contributed by atoms with E-state index in [0.717, 1.165) is 24.8 Å². The van der Waals surface area contributed by atoms with Crippen LogP contribution in [0.4, 0.5) is 0 Å². The molecule has 0 saturated heterocycles. The van der Waals surface area contributed by atoms with Gasteiger partial charge in [-0.3, -0.25) is 4.79 Å². The number of nitrogens with zero attached hydrogens (tertiary/aromatic N) is 1. The first-order chi connectivity index (χ1) is 6.18. The van der Waals surface area contributed by atoms with E-state index in [2.05, 4.69) is 13.0 Å². The lowest BCUT2D eigenvalue weighted by molar-refractivity contribution is -0.114. The Morgan fingerprint density at radius 2 is 2.46 bits per heavy atom. The molecule has 0 aromatic carbocycles. The first-order valence-corrected chi connectivity index (χ1v) is 4.82. The third-order valence-electron chi connectivity index (χ3n) is 3.48. The number of hydrogen-bond acceptors (Lipinski definition) is 2. The quantitative estimate of drug-likeness (QED) is 0.566. The maximum absolute atomic E-state index is 11.6. The summed E-state index contributed by atoms with van der Waals surface area (Å²) >= 11 is 0. The van der Waals surface area contributed by atoms with Gasteiger partial charge in [0.2, 0.25) is 0 Å². The number of allylic oxidation sites excluding steroid dienone is 2. The van der Waals surface area contributed by atoms with E-state index in [-0.39, 0.29) is 17.1 Å². The molecule has 0 heterocycles. The molecular formula is C11H13NO. The van der Waals surface area contributed by atoms with Crippen LogP contribution in [0, 0.1) is 22.7 Å². The van der Waals surface area contributed by atoms with E-state index in [0.29, 0.717) is 6.42 Å². The summed E-state index contributed by atoms with van der Waals surface area (Å²) in [7, 11) is 0. The van der Waals surface area contributed by atoms with E-state index in [9.17, 15) is 4.79 Å². The largest absolute Gasteiger partial charge is 0.294 e. The fraction of sp³-hybridized carbons (Fsp3) is 0.636. The number of fused-ring (bicyclic) bond motifs is 1. The molecule has 1 saturated carbocycles. The molecule has 0 amide bonds. The second-order valence-electron chi connectivity index (χ2n) is 4.24. The van der Waals surface area contributed by atoms with Crippen LogP contribution in [0.2, 0.25) is 0 Å². The SMILES string of the molecule is CC12CCCC=C1C(=O)CC2C#N. The number of rotatable bonds is 0. The number of Topliss-reactive ketones (excluding diaryl/α,β-unsaturated/α-hetero) is 1. The smallest absolute Gasteiger partial charge is 0.160 e. The van der Waals surface area contributed by atoms with Gasteiger partial charge >= 0.3 is 0 Å². The minimum atomic E-state index is -0.121. The normalized spacial score (nSPS) is 38.0. The van der Waals surface area contributed by atoms with Crippen molar-refractivity contribution >= 4 is 5.78 Å². The first-order valence-electron chi connectivity index (χ1n) is 4.82. The maximum Gasteiger partial charge on any atom is 0.160 e. The molecule has 2 aliphatic rings. The van der Waals surface area contributed by atoms with Crippen LogP contribution in [-0.4, -0.2) is 5.78 Å². The minimum absolute atomic E-state index is 0.0773. The Labute approximate surface area is 78.2 Å². The highest BCUT2D eigenvalue weighted by Gasteiger charge is 2.48. The zero-order valence-electron chi connectivity index (χ0n) is 7.84. The van der Waals surface area contributed by atoms with Gasteiger partial charge in [-0.05, 0) is 24.8 Å². The molecule has 13 heavy (non-hydrogen) atoms. The molecule has 2 atom stereocenters. The van der Waals surface area contributed by atoms with Gasteiger partial charge in [0.05, 0.1) is 12.0 Å². The van der Waals surface area contributed by atoms with Crippen LogP contribution >= 0.6 is 0 Å². The second kappa shape index (κ2) is 2.70. The third-order valence-corrected chi connectivity index (χ3v) is 3.48. The van der Waals surface area contributed by atoms with E-state index < -0.39 is 0 Å². The van der Waals surface area contributed by atoms with Gasteiger partial charge in [0.25, 0.3) is 0 Å². The Bertz CT molecular complexity index is 323. The van der Waals surface area contributed by atoms with Gasteiger partial charge in [0, 0.05) is 11.8 Å². The van der Waals surface area contributed by atoms with Crippen LogP contribution in [-0.2, 0) is 4.79 Å². The zero-order valence-corrected chi connectivity index (χ0v) is 7.84. The lowest BCUT2D eigenvalue weighted by Crippen LogP contribution is -2.25. The fourth-order valence-corrected chi connectivity index (χ4v) is 2.59. The van der Waals surface area contributed by atoms with Crippen LogP contribution in [0.25, 0.3) is 0 Å². The molecule has 0 N–H and O–H groups in total. The van der Waals surface area contributed by atoms with Gasteiger partial charge < -0.3 is 0 Å². The number of ketones is 1. The molecule has 2 rings (SSSR count). The van der Waals surface area contributed by atoms with Crippen molar-refractivity contribution in [3.63, 3.8) is 0 Å². The number of carbonyl (C=O) groups excluding carboxylic acids is 1. The highest BCUT2D eigenvalue weighted by atomic mass is 16.1. The van der Waals surface area contributed by atoms with Crippen molar-refractivity contribution in [2.24, 2.45) is 11.3 Å². The lowest BCUT2D eigenvalue weighted by Gasteiger charge is -2.31. The Balaban J connectivity index is 2.45. The van der Waals surface area contributed by atoms with Gasteiger partial charge in [-0.1, -0.05) is 13.0 Å². The molecule has 1 fully saturated rings. The summed E-state index contributed by atoms with van der Waals surface area (Å²) in [6.07, 6.45) is 5.62. The topological polar surface area (TPSA) is 40.9 Å². The summed E-state index contributed by atoms with van der Waals surface area (Å²) in [5.74, 6) is 0.125. The van der Waals surface area contributed by atoms with E-state index >= 15 is 0 Å². The number of hydrogen-bond donors (Lipinski definition) is 0. The second-order valence-corrected chi connectivity index (χ2v) is 4.24. The van der Waals surface area contributed by atoms with Crippen LogP contribution < -0.4 is 0 Å². The van der Waals surface area contributed by atoms with Crippen molar-refractivity contribution in [3.05, 3.63) is 11.6 Å². The standard InChI is InChI=1S/C11H13NO/c1-11-5-3-2-4-9(11)10(13)6-8(11)7-12/h4,8H,2-3,5-6H2,1H3. The fourth-order valence-electron chi connectivity index (χ4n) is 2.59. The van der Waals surface area contributed by atoms with E-state index in [1.807, 2.05) is 6.08 Å². The highest BCUT2D eigenvalue weighted by Crippen LogP contribution is 2.50. The molecule has 2 nitrogen and oxygen atoms in total. The van der Waals surface area contributed by atoms with Crippen molar-refractivity contribution in [2.45, 2.75) is 32.6 Å². The predicted octanol–water partition coefficient (Wildman–Crippen LogP) is 2.22. The van der Waals surface area contributed by atoms with Crippen LogP contribution in [0.3, 0.4) is 0 Å². The maximum atomic E-state index is 11.6. The zero-order chi connectivity index (χ0) is 9.47. The van der Waals surface area contributed by atoms with Crippen LogP contribution in [0.15, 0.2) is 11.6 Å². The molecule has 0 aromatic heterocycles. The first kappa shape index (κ1) is 8.50. The predicted molar refractivity (Wildman–Crippen MR) is 48.8 cm³/mol. The van der Waals surface area contributed by atoms with E-state index in [1.165, 1.54) is 0 Å². The molecular weight excluding hydrogens is 162 g/mol. The van der Waals surface area contributed by atoms with Gasteiger partial charge in [-0.2, -0.15) is 5.26 Å². The summed E-state index contributed by atoms with van der Waals surface area (Å²) in [6.45, 7) is 2.07. The Hall–Kier alpha value is -1.10.